The first-order valence-corrected chi connectivity index (χ1v) is 7.48. The first kappa shape index (κ1) is 16.1. The summed E-state index contributed by atoms with van der Waals surface area (Å²) in [6.45, 7) is 6.38. The van der Waals surface area contributed by atoms with Crippen molar-refractivity contribution in [1.82, 2.24) is 0 Å². The van der Waals surface area contributed by atoms with Crippen LogP contribution < -0.4 is 4.74 Å². The summed E-state index contributed by atoms with van der Waals surface area (Å²) in [7, 11) is 0. The Hall–Kier alpha value is -2.29. The highest BCUT2D eigenvalue weighted by atomic mass is 16.5. The van der Waals surface area contributed by atoms with E-state index in [0.29, 0.717) is 13.0 Å². The van der Waals surface area contributed by atoms with Crippen molar-refractivity contribution in [3.8, 4) is 5.75 Å². The Labute approximate surface area is 131 Å². The van der Waals surface area contributed by atoms with Crippen LogP contribution in [0.2, 0.25) is 0 Å². The fourth-order valence-electron chi connectivity index (χ4n) is 2.56. The fraction of sp³-hybridized carbons (Fsp3) is 0.316. The molecule has 2 aromatic rings. The van der Waals surface area contributed by atoms with Crippen LogP contribution in [-0.4, -0.2) is 17.7 Å². The molecule has 1 atom stereocenters. The molecule has 0 aliphatic carbocycles. The number of aliphatic carboxylic acids is 1. The normalized spacial score (nSPS) is 12.0. The predicted molar refractivity (Wildman–Crippen MR) is 87.6 cm³/mol. The Bertz CT molecular complexity index is 661. The van der Waals surface area contributed by atoms with Gasteiger partial charge in [0.15, 0.2) is 0 Å². The first-order valence-electron chi connectivity index (χ1n) is 7.48. The number of ether oxygens (including phenoxy) is 1. The Morgan fingerprint density at radius 1 is 1.05 bits per heavy atom. The van der Waals surface area contributed by atoms with Gasteiger partial charge in [-0.2, -0.15) is 0 Å². The second kappa shape index (κ2) is 7.12. The van der Waals surface area contributed by atoms with Crippen molar-refractivity contribution in [2.45, 2.75) is 33.1 Å². The first-order chi connectivity index (χ1) is 10.5. The highest BCUT2D eigenvalue weighted by molar-refractivity contribution is 5.76. The Morgan fingerprint density at radius 3 is 2.41 bits per heavy atom. The molecule has 0 aromatic heterocycles. The maximum atomic E-state index is 11.6. The Kier molecular flexibility index (Phi) is 5.21. The second-order valence-electron chi connectivity index (χ2n) is 5.58. The number of benzene rings is 2. The molecule has 0 spiro atoms. The maximum Gasteiger partial charge on any atom is 0.311 e. The molecule has 0 aliphatic rings. The standard InChI is InChI=1S/C19H22O3/c1-13-8-6-10-18(15(13)3)22-12-11-17(19(20)21)16-9-5-4-7-14(16)2/h4-10,17H,11-12H2,1-3H3,(H,20,21). The smallest absolute Gasteiger partial charge is 0.311 e. The lowest BCUT2D eigenvalue weighted by atomic mass is 9.92. The molecule has 0 radical (unpaired) electrons. The van der Waals surface area contributed by atoms with Gasteiger partial charge in [0.1, 0.15) is 5.75 Å². The molecule has 0 saturated carbocycles. The van der Waals surface area contributed by atoms with E-state index in [2.05, 4.69) is 0 Å². The molecule has 0 bridgehead atoms. The third-order valence-corrected chi connectivity index (χ3v) is 4.08. The average molecular weight is 298 g/mol. The summed E-state index contributed by atoms with van der Waals surface area (Å²) in [5.41, 5.74) is 4.14. The van der Waals surface area contributed by atoms with Crippen LogP contribution in [0.25, 0.3) is 0 Å². The van der Waals surface area contributed by atoms with E-state index in [9.17, 15) is 9.90 Å². The zero-order chi connectivity index (χ0) is 16.1. The van der Waals surface area contributed by atoms with E-state index in [4.69, 9.17) is 4.74 Å². The van der Waals surface area contributed by atoms with Gasteiger partial charge in [0.25, 0.3) is 0 Å². The number of aryl methyl sites for hydroxylation is 2. The van der Waals surface area contributed by atoms with Crippen molar-refractivity contribution in [3.05, 3.63) is 64.7 Å². The molecule has 2 rings (SSSR count). The van der Waals surface area contributed by atoms with Gasteiger partial charge in [-0.15, -0.1) is 0 Å². The van der Waals surface area contributed by atoms with Gasteiger partial charge in [-0.1, -0.05) is 36.4 Å². The molecule has 0 saturated heterocycles. The lowest BCUT2D eigenvalue weighted by Crippen LogP contribution is -2.16. The summed E-state index contributed by atoms with van der Waals surface area (Å²) in [5, 5.41) is 9.49. The summed E-state index contributed by atoms with van der Waals surface area (Å²) in [6, 6.07) is 13.5. The van der Waals surface area contributed by atoms with Crippen molar-refractivity contribution >= 4 is 5.97 Å². The molecular weight excluding hydrogens is 276 g/mol. The van der Waals surface area contributed by atoms with Crippen molar-refractivity contribution < 1.29 is 14.6 Å². The number of rotatable bonds is 6. The highest BCUT2D eigenvalue weighted by Crippen LogP contribution is 2.25. The number of hydrogen-bond donors (Lipinski definition) is 1. The minimum Gasteiger partial charge on any atom is -0.493 e. The molecule has 22 heavy (non-hydrogen) atoms. The fourth-order valence-corrected chi connectivity index (χ4v) is 2.56. The van der Waals surface area contributed by atoms with Crippen LogP contribution in [0.4, 0.5) is 0 Å². The van der Waals surface area contributed by atoms with Crippen LogP contribution in [0.1, 0.15) is 34.6 Å². The molecule has 2 aromatic carbocycles. The monoisotopic (exact) mass is 298 g/mol. The highest BCUT2D eigenvalue weighted by Gasteiger charge is 2.21. The summed E-state index contributed by atoms with van der Waals surface area (Å²) < 4.78 is 5.80. The Morgan fingerprint density at radius 2 is 1.73 bits per heavy atom. The summed E-state index contributed by atoms with van der Waals surface area (Å²) >= 11 is 0. The van der Waals surface area contributed by atoms with Crippen LogP contribution in [0, 0.1) is 20.8 Å². The van der Waals surface area contributed by atoms with Crippen LogP contribution in [-0.2, 0) is 4.79 Å². The Balaban J connectivity index is 2.06. The van der Waals surface area contributed by atoms with Gasteiger partial charge in [-0.05, 0) is 55.5 Å². The molecule has 0 aliphatic heterocycles. The van der Waals surface area contributed by atoms with Gasteiger partial charge in [-0.3, -0.25) is 4.79 Å². The van der Waals surface area contributed by atoms with Crippen molar-refractivity contribution in [1.29, 1.82) is 0 Å². The molecular formula is C19H22O3. The maximum absolute atomic E-state index is 11.6. The molecule has 3 nitrogen and oxygen atoms in total. The van der Waals surface area contributed by atoms with E-state index in [1.807, 2.05) is 63.2 Å². The minimum atomic E-state index is -0.807. The van der Waals surface area contributed by atoms with Gasteiger partial charge < -0.3 is 9.84 Å². The van der Waals surface area contributed by atoms with Gasteiger partial charge in [-0.25, -0.2) is 0 Å². The zero-order valence-electron chi connectivity index (χ0n) is 13.3. The number of carboxylic acids is 1. The van der Waals surface area contributed by atoms with E-state index in [1.165, 1.54) is 5.56 Å². The number of carboxylic acid groups (broad SMARTS) is 1. The molecule has 116 valence electrons. The largest absolute Gasteiger partial charge is 0.493 e. The predicted octanol–water partition coefficient (Wildman–Crippen LogP) is 4.25. The molecule has 1 unspecified atom stereocenters. The lowest BCUT2D eigenvalue weighted by molar-refractivity contribution is -0.139. The lowest BCUT2D eigenvalue weighted by Gasteiger charge is -2.16. The van der Waals surface area contributed by atoms with Crippen LogP contribution in [0.3, 0.4) is 0 Å². The SMILES string of the molecule is Cc1ccccc1C(CCOc1cccc(C)c1C)C(=O)O. The van der Waals surface area contributed by atoms with Crippen molar-refractivity contribution in [3.63, 3.8) is 0 Å². The topological polar surface area (TPSA) is 46.5 Å². The third kappa shape index (κ3) is 3.67. The van der Waals surface area contributed by atoms with E-state index in [0.717, 1.165) is 22.4 Å². The van der Waals surface area contributed by atoms with E-state index in [1.54, 1.807) is 0 Å². The molecule has 0 heterocycles. The van der Waals surface area contributed by atoms with Crippen LogP contribution >= 0.6 is 0 Å². The molecule has 1 N–H and O–H groups in total. The molecule has 3 heteroatoms. The van der Waals surface area contributed by atoms with Gasteiger partial charge in [0.05, 0.1) is 12.5 Å². The molecule has 0 amide bonds. The summed E-state index contributed by atoms with van der Waals surface area (Å²) in [4.78, 5) is 11.6. The number of hydrogen-bond acceptors (Lipinski definition) is 2. The minimum absolute atomic E-state index is 0.385. The second-order valence-corrected chi connectivity index (χ2v) is 5.58. The van der Waals surface area contributed by atoms with E-state index >= 15 is 0 Å². The van der Waals surface area contributed by atoms with Gasteiger partial charge in [0, 0.05) is 0 Å². The summed E-state index contributed by atoms with van der Waals surface area (Å²) in [5.74, 6) is -0.515. The van der Waals surface area contributed by atoms with Crippen LogP contribution in [0.5, 0.6) is 5.75 Å². The van der Waals surface area contributed by atoms with Gasteiger partial charge in [0.2, 0.25) is 0 Å². The van der Waals surface area contributed by atoms with Gasteiger partial charge >= 0.3 is 5.97 Å². The number of carbonyl (C=O) groups is 1. The zero-order valence-corrected chi connectivity index (χ0v) is 13.3. The van der Waals surface area contributed by atoms with E-state index < -0.39 is 11.9 Å². The van der Waals surface area contributed by atoms with Crippen molar-refractivity contribution in [2.24, 2.45) is 0 Å². The van der Waals surface area contributed by atoms with Crippen LogP contribution in [0.15, 0.2) is 42.5 Å². The van der Waals surface area contributed by atoms with E-state index in [-0.39, 0.29) is 0 Å². The van der Waals surface area contributed by atoms with Crippen molar-refractivity contribution in [2.75, 3.05) is 6.61 Å². The average Bonchev–Trinajstić information content (AvgIpc) is 2.48. The summed E-state index contributed by atoms with van der Waals surface area (Å²) in [6.07, 6.45) is 0.452. The quantitative estimate of drug-likeness (QED) is 0.867. The molecule has 0 fully saturated rings. The third-order valence-electron chi connectivity index (χ3n) is 4.08.